The molecule has 0 aliphatic rings. The van der Waals surface area contributed by atoms with Gasteiger partial charge in [-0.3, -0.25) is 9.98 Å². The van der Waals surface area contributed by atoms with Crippen LogP contribution in [0.1, 0.15) is 35.1 Å². The number of nitrogens with zero attached hydrogens (tertiary/aromatic N) is 2. The van der Waals surface area contributed by atoms with Gasteiger partial charge in [0, 0.05) is 22.2 Å². The first kappa shape index (κ1) is 26.0. The fourth-order valence-electron chi connectivity index (χ4n) is 3.62. The van der Waals surface area contributed by atoms with Gasteiger partial charge < -0.3 is 0 Å². The normalized spacial score (nSPS) is 11.5. The van der Waals surface area contributed by atoms with Crippen molar-refractivity contribution in [3.05, 3.63) is 119 Å². The van der Waals surface area contributed by atoms with Crippen LogP contribution in [0.2, 0.25) is 0 Å². The van der Waals surface area contributed by atoms with Crippen molar-refractivity contribution in [3.8, 4) is 0 Å². The zero-order valence-electron chi connectivity index (χ0n) is 20.9. The number of hydrogen-bond donors (Lipinski definition) is 0. The fourth-order valence-corrected chi connectivity index (χ4v) is 5.83. The highest BCUT2D eigenvalue weighted by atomic mass is 32.2. The molecule has 182 valence electrons. The molecular weight excluding hydrogens is 477 g/mol. The van der Waals surface area contributed by atoms with E-state index in [1.807, 2.05) is 72.4 Å². The van der Waals surface area contributed by atoms with Crippen molar-refractivity contribution < 1.29 is 0 Å². The van der Waals surface area contributed by atoms with Crippen molar-refractivity contribution in [2.45, 2.75) is 36.5 Å². The Morgan fingerprint density at radius 1 is 0.556 bits per heavy atom. The molecule has 4 aromatic rings. The number of aryl methyl sites for hydroxylation is 2. The summed E-state index contributed by atoms with van der Waals surface area (Å²) < 4.78 is 0. The van der Waals surface area contributed by atoms with E-state index in [1.165, 1.54) is 33.8 Å². The Labute approximate surface area is 224 Å². The lowest BCUT2D eigenvalue weighted by molar-refractivity contribution is 0.906. The third kappa shape index (κ3) is 8.25. The molecule has 0 saturated carbocycles. The lowest BCUT2D eigenvalue weighted by Gasteiger charge is -2.08. The van der Waals surface area contributed by atoms with Gasteiger partial charge in [0.15, 0.2) is 0 Å². The Balaban J connectivity index is 1.28. The number of hydrogen-bond acceptors (Lipinski definition) is 4. The fraction of sp³-hybridized carbons (Fsp3) is 0.188. The minimum absolute atomic E-state index is 1.05. The van der Waals surface area contributed by atoms with E-state index in [4.69, 9.17) is 9.98 Å². The minimum Gasteiger partial charge on any atom is -0.255 e. The molecule has 0 radical (unpaired) electrons. The molecule has 0 saturated heterocycles. The van der Waals surface area contributed by atoms with Crippen LogP contribution in [0.25, 0.3) is 0 Å². The van der Waals surface area contributed by atoms with E-state index in [0.717, 1.165) is 34.0 Å². The average Bonchev–Trinajstić information content (AvgIpc) is 2.91. The smallest absolute Gasteiger partial charge is 0.0765 e. The van der Waals surface area contributed by atoms with Gasteiger partial charge in [-0.15, -0.1) is 23.5 Å². The van der Waals surface area contributed by atoms with Crippen molar-refractivity contribution in [2.75, 3.05) is 11.5 Å². The van der Waals surface area contributed by atoms with Crippen LogP contribution in [0.15, 0.2) is 117 Å². The lowest BCUT2D eigenvalue weighted by Crippen LogP contribution is -1.87. The van der Waals surface area contributed by atoms with Crippen molar-refractivity contribution in [1.82, 2.24) is 0 Å². The highest BCUT2D eigenvalue weighted by Crippen LogP contribution is 2.33. The highest BCUT2D eigenvalue weighted by Gasteiger charge is 2.05. The third-order valence-electron chi connectivity index (χ3n) is 5.59. The Hall–Kier alpha value is -3.08. The predicted octanol–water partition coefficient (Wildman–Crippen LogP) is 9.47. The second-order valence-electron chi connectivity index (χ2n) is 8.68. The highest BCUT2D eigenvalue weighted by molar-refractivity contribution is 7.99. The zero-order chi connectivity index (χ0) is 25.0. The third-order valence-corrected chi connectivity index (χ3v) is 7.85. The Bertz CT molecular complexity index is 1200. The zero-order valence-corrected chi connectivity index (χ0v) is 22.6. The van der Waals surface area contributed by atoms with Gasteiger partial charge in [0.25, 0.3) is 0 Å². The standard InChI is InChI=1S/C32H32N2S2/c1-25-15-17-29(33-23-27-11-5-3-6-12-27)31(21-25)35-19-9-10-20-36-32-22-26(2)16-18-30(32)34-24-28-13-7-4-8-14-28/h3-8,11-18,21-24H,9-10,19-20H2,1-2H3. The Kier molecular flexibility index (Phi) is 10.0. The van der Waals surface area contributed by atoms with Crippen LogP contribution < -0.4 is 0 Å². The topological polar surface area (TPSA) is 24.7 Å². The average molecular weight is 509 g/mol. The Morgan fingerprint density at radius 3 is 1.39 bits per heavy atom. The molecular formula is C32H32N2S2. The number of rotatable bonds is 11. The van der Waals surface area contributed by atoms with Gasteiger partial charge in [-0.25, -0.2) is 0 Å². The summed E-state index contributed by atoms with van der Waals surface area (Å²) in [6.45, 7) is 4.29. The van der Waals surface area contributed by atoms with E-state index in [1.54, 1.807) is 0 Å². The molecule has 0 atom stereocenters. The van der Waals surface area contributed by atoms with E-state index in [2.05, 4.69) is 74.5 Å². The summed E-state index contributed by atoms with van der Waals surface area (Å²) in [6, 6.07) is 33.6. The predicted molar refractivity (Wildman–Crippen MR) is 160 cm³/mol. The molecule has 4 aromatic carbocycles. The van der Waals surface area contributed by atoms with Crippen LogP contribution in [-0.2, 0) is 0 Å². The molecule has 0 heterocycles. The van der Waals surface area contributed by atoms with Crippen molar-refractivity contribution in [1.29, 1.82) is 0 Å². The second-order valence-corrected chi connectivity index (χ2v) is 11.0. The van der Waals surface area contributed by atoms with Gasteiger partial charge in [0.1, 0.15) is 0 Å². The molecule has 0 unspecified atom stereocenters. The molecule has 0 amide bonds. The number of thioether (sulfide) groups is 2. The van der Waals surface area contributed by atoms with Crippen LogP contribution in [-0.4, -0.2) is 23.9 Å². The van der Waals surface area contributed by atoms with Gasteiger partial charge >= 0.3 is 0 Å². The minimum atomic E-state index is 1.05. The summed E-state index contributed by atoms with van der Waals surface area (Å²) >= 11 is 3.81. The molecule has 2 nitrogen and oxygen atoms in total. The van der Waals surface area contributed by atoms with Gasteiger partial charge in [0.05, 0.1) is 11.4 Å². The maximum atomic E-state index is 4.77. The summed E-state index contributed by atoms with van der Waals surface area (Å²) in [7, 11) is 0. The summed E-state index contributed by atoms with van der Waals surface area (Å²) in [6.07, 6.45) is 6.24. The first-order chi connectivity index (χ1) is 17.7. The molecule has 0 aliphatic heterocycles. The number of unbranched alkanes of at least 4 members (excludes halogenated alkanes) is 1. The van der Waals surface area contributed by atoms with Crippen molar-refractivity contribution in [3.63, 3.8) is 0 Å². The van der Waals surface area contributed by atoms with Crippen molar-refractivity contribution >= 4 is 47.3 Å². The van der Waals surface area contributed by atoms with Crippen LogP contribution >= 0.6 is 23.5 Å². The second kappa shape index (κ2) is 13.9. The molecule has 0 N–H and O–H groups in total. The molecule has 0 bridgehead atoms. The van der Waals surface area contributed by atoms with Crippen LogP contribution in [0, 0.1) is 13.8 Å². The van der Waals surface area contributed by atoms with Gasteiger partial charge in [-0.1, -0.05) is 72.8 Å². The van der Waals surface area contributed by atoms with Gasteiger partial charge in [0.2, 0.25) is 0 Å². The van der Waals surface area contributed by atoms with E-state index in [9.17, 15) is 0 Å². The first-order valence-electron chi connectivity index (χ1n) is 12.3. The molecule has 4 rings (SSSR count). The van der Waals surface area contributed by atoms with Crippen LogP contribution in [0.3, 0.4) is 0 Å². The molecule has 0 fully saturated rings. The summed E-state index contributed by atoms with van der Waals surface area (Å²) in [5.74, 6) is 2.18. The SMILES string of the molecule is Cc1ccc(N=Cc2ccccc2)c(SCCCCSc2cc(C)ccc2N=Cc2ccccc2)c1. The largest absolute Gasteiger partial charge is 0.255 e. The maximum absolute atomic E-state index is 4.77. The monoisotopic (exact) mass is 508 g/mol. The number of aliphatic imine (C=N–C) groups is 2. The summed E-state index contributed by atoms with van der Waals surface area (Å²) in [4.78, 5) is 12.0. The summed E-state index contributed by atoms with van der Waals surface area (Å²) in [5.41, 5.74) is 6.88. The molecule has 0 aliphatic carbocycles. The number of benzene rings is 4. The molecule has 0 aromatic heterocycles. The molecule has 36 heavy (non-hydrogen) atoms. The van der Waals surface area contributed by atoms with Gasteiger partial charge in [-0.05, 0) is 84.7 Å². The van der Waals surface area contributed by atoms with E-state index in [-0.39, 0.29) is 0 Å². The summed E-state index contributed by atoms with van der Waals surface area (Å²) in [5, 5.41) is 0. The lowest BCUT2D eigenvalue weighted by atomic mass is 10.2. The first-order valence-corrected chi connectivity index (χ1v) is 14.3. The Morgan fingerprint density at radius 2 is 0.972 bits per heavy atom. The quantitative estimate of drug-likeness (QED) is 0.114. The molecule has 4 heteroatoms. The van der Waals surface area contributed by atoms with Crippen LogP contribution in [0.5, 0.6) is 0 Å². The van der Waals surface area contributed by atoms with Gasteiger partial charge in [-0.2, -0.15) is 0 Å². The maximum Gasteiger partial charge on any atom is 0.0765 e. The van der Waals surface area contributed by atoms with Crippen molar-refractivity contribution in [2.24, 2.45) is 9.98 Å². The molecule has 0 spiro atoms. The van der Waals surface area contributed by atoms with E-state index < -0.39 is 0 Å². The van der Waals surface area contributed by atoms with E-state index >= 15 is 0 Å². The van der Waals surface area contributed by atoms with Crippen LogP contribution in [0.4, 0.5) is 11.4 Å². The van der Waals surface area contributed by atoms with E-state index in [0.29, 0.717) is 0 Å².